The number of Topliss-reactive ketones (excluding diaryl/α,β-unsaturated/α-hetero) is 1. The van der Waals surface area contributed by atoms with Crippen LogP contribution in [0.15, 0.2) is 35.6 Å². The minimum absolute atomic E-state index is 0.0670. The lowest BCUT2D eigenvalue weighted by Gasteiger charge is -2.53. The van der Waals surface area contributed by atoms with Crippen LogP contribution in [-0.2, 0) is 23.8 Å². The summed E-state index contributed by atoms with van der Waals surface area (Å²) < 4.78 is 16.3. The van der Waals surface area contributed by atoms with E-state index in [0.29, 0.717) is 18.6 Å². The molecule has 0 aromatic carbocycles. The van der Waals surface area contributed by atoms with Gasteiger partial charge < -0.3 is 24.2 Å². The van der Waals surface area contributed by atoms with Crippen LogP contribution in [0.3, 0.4) is 0 Å². The van der Waals surface area contributed by atoms with E-state index in [4.69, 9.17) is 14.2 Å². The third-order valence-corrected chi connectivity index (χ3v) is 6.97. The summed E-state index contributed by atoms with van der Waals surface area (Å²) in [6.45, 7) is 0. The predicted octanol–water partition coefficient (Wildman–Crippen LogP) is 0.902. The zero-order chi connectivity index (χ0) is 18.9. The van der Waals surface area contributed by atoms with Crippen molar-refractivity contribution in [2.45, 2.75) is 30.9 Å². The Morgan fingerprint density at radius 1 is 1.15 bits per heavy atom. The number of likely N-dealkylation sites (N-methyl/N-ethyl adjacent to an activating group) is 1. The van der Waals surface area contributed by atoms with Crippen LogP contribution < -0.4 is 0 Å². The van der Waals surface area contributed by atoms with Crippen molar-refractivity contribution in [2.75, 3.05) is 28.4 Å². The molecule has 0 aromatic heterocycles. The summed E-state index contributed by atoms with van der Waals surface area (Å²) in [4.78, 5) is 28.1. The normalized spacial score (nSPS) is 40.9. The predicted molar refractivity (Wildman–Crippen MR) is 90.5 cm³/mol. The van der Waals surface area contributed by atoms with Crippen LogP contribution in [-0.4, -0.2) is 61.6 Å². The van der Waals surface area contributed by atoms with Gasteiger partial charge in [0.25, 0.3) is 0 Å². The second-order valence-electron chi connectivity index (χ2n) is 7.41. The second kappa shape index (κ2) is 5.13. The highest BCUT2D eigenvalue weighted by Crippen LogP contribution is 2.72. The average Bonchev–Trinajstić information content (AvgIpc) is 3.18. The quantitative estimate of drug-likeness (QED) is 0.799. The molecule has 4 rings (SSSR count). The average molecular weight is 361 g/mol. The molecule has 0 saturated heterocycles. The first-order chi connectivity index (χ1) is 12.4. The molecule has 1 spiro atoms. The Morgan fingerprint density at radius 2 is 1.88 bits per heavy atom. The Labute approximate surface area is 151 Å². The van der Waals surface area contributed by atoms with E-state index in [9.17, 15) is 14.7 Å². The van der Waals surface area contributed by atoms with Gasteiger partial charge in [-0.3, -0.25) is 9.59 Å². The van der Waals surface area contributed by atoms with Crippen molar-refractivity contribution in [3.63, 3.8) is 0 Å². The number of carbonyl (C=O) groups excluding carboxylic acids is 2. The van der Waals surface area contributed by atoms with Crippen molar-refractivity contribution >= 4 is 11.6 Å². The van der Waals surface area contributed by atoms with Crippen molar-refractivity contribution in [1.29, 1.82) is 0 Å². The molecular weight excluding hydrogens is 338 g/mol. The number of nitrogens with zero attached hydrogens (tertiary/aromatic N) is 1. The van der Waals surface area contributed by atoms with Crippen molar-refractivity contribution in [1.82, 2.24) is 4.90 Å². The number of carbonyl (C=O) groups is 2. The fourth-order valence-corrected chi connectivity index (χ4v) is 5.90. The third kappa shape index (κ3) is 1.47. The molecule has 0 radical (unpaired) electrons. The topological polar surface area (TPSA) is 85.3 Å². The number of methoxy groups -OCH3 is 3. The van der Waals surface area contributed by atoms with Gasteiger partial charge in [-0.25, -0.2) is 0 Å². The smallest absolute Gasteiger partial charge is 0.202 e. The Morgan fingerprint density at radius 3 is 2.46 bits per heavy atom. The molecule has 0 bridgehead atoms. The van der Waals surface area contributed by atoms with Crippen LogP contribution in [0.1, 0.15) is 19.3 Å². The van der Waals surface area contributed by atoms with E-state index in [-0.39, 0.29) is 29.5 Å². The maximum absolute atomic E-state index is 13.2. The molecule has 3 aliphatic carbocycles. The van der Waals surface area contributed by atoms with E-state index in [1.807, 2.05) is 24.2 Å². The molecule has 26 heavy (non-hydrogen) atoms. The number of ketones is 2. The van der Waals surface area contributed by atoms with E-state index < -0.39 is 22.5 Å². The standard InChI is InChI=1S/C19H23NO6/c1-20-8-7-17-10-11(21)14(25-3)16(26-4)19(17,20)6-5-18(17)13(22)9-12(24-2)15(18)23/h7-9,15,23H,5-6,10H2,1-4H3/t15-,17-,18-,19-/m1/s1. The highest BCUT2D eigenvalue weighted by Gasteiger charge is 2.79. The number of allylic oxidation sites excluding steroid dienone is 2. The molecular formula is C19H23NO6. The number of ether oxygens (including phenoxy) is 3. The van der Waals surface area contributed by atoms with Crippen LogP contribution in [0.25, 0.3) is 0 Å². The Hall–Kier alpha value is -2.28. The fraction of sp³-hybridized carbons (Fsp3) is 0.579. The molecule has 1 saturated carbocycles. The van der Waals surface area contributed by atoms with Gasteiger partial charge in [-0.1, -0.05) is 6.08 Å². The Kier molecular flexibility index (Phi) is 3.38. The largest absolute Gasteiger partial charge is 0.498 e. The number of aliphatic hydroxyl groups is 1. The van der Waals surface area contributed by atoms with E-state index >= 15 is 0 Å². The summed E-state index contributed by atoms with van der Waals surface area (Å²) in [6, 6.07) is 0. The van der Waals surface area contributed by atoms with Gasteiger partial charge in [-0.2, -0.15) is 0 Å². The first-order valence-corrected chi connectivity index (χ1v) is 8.62. The van der Waals surface area contributed by atoms with E-state index in [1.165, 1.54) is 27.4 Å². The van der Waals surface area contributed by atoms with Gasteiger partial charge in [0, 0.05) is 25.0 Å². The molecule has 0 unspecified atom stereocenters. The van der Waals surface area contributed by atoms with Crippen molar-refractivity contribution in [3.8, 4) is 0 Å². The maximum Gasteiger partial charge on any atom is 0.202 e. The molecule has 7 heteroatoms. The molecule has 1 aliphatic heterocycles. The van der Waals surface area contributed by atoms with Crippen LogP contribution in [0.4, 0.5) is 0 Å². The van der Waals surface area contributed by atoms with Crippen LogP contribution >= 0.6 is 0 Å². The van der Waals surface area contributed by atoms with Gasteiger partial charge in [0.05, 0.1) is 26.7 Å². The maximum atomic E-state index is 13.2. The van der Waals surface area contributed by atoms with Gasteiger partial charge in [-0.05, 0) is 19.0 Å². The van der Waals surface area contributed by atoms with E-state index in [1.54, 1.807) is 0 Å². The van der Waals surface area contributed by atoms with Crippen LogP contribution in [0.5, 0.6) is 0 Å². The molecule has 0 aromatic rings. The van der Waals surface area contributed by atoms with Crippen LogP contribution in [0.2, 0.25) is 0 Å². The summed E-state index contributed by atoms with van der Waals surface area (Å²) in [5.74, 6) is 0.429. The summed E-state index contributed by atoms with van der Waals surface area (Å²) in [5.41, 5.74) is -2.83. The van der Waals surface area contributed by atoms with Crippen molar-refractivity contribution < 1.29 is 28.9 Å². The lowest BCUT2D eigenvalue weighted by Crippen LogP contribution is -2.62. The second-order valence-corrected chi connectivity index (χ2v) is 7.41. The SMILES string of the molecule is COC1=CC(=O)[C@]2(CC[C@@]34C(OC)=C(OC)C(=O)C[C@@]32C=CN4C)[C@@H]1O. The van der Waals surface area contributed by atoms with E-state index in [0.717, 1.165) is 0 Å². The zero-order valence-electron chi connectivity index (χ0n) is 15.4. The highest BCUT2D eigenvalue weighted by atomic mass is 16.5. The summed E-state index contributed by atoms with van der Waals surface area (Å²) in [5, 5.41) is 11.1. The lowest BCUT2D eigenvalue weighted by atomic mass is 9.53. The summed E-state index contributed by atoms with van der Waals surface area (Å²) in [6.07, 6.45) is 5.07. The van der Waals surface area contributed by atoms with Gasteiger partial charge in [0.2, 0.25) is 11.5 Å². The molecule has 1 N–H and O–H groups in total. The molecule has 0 amide bonds. The summed E-state index contributed by atoms with van der Waals surface area (Å²) >= 11 is 0. The van der Waals surface area contributed by atoms with Gasteiger partial charge in [-0.15, -0.1) is 0 Å². The van der Waals surface area contributed by atoms with E-state index in [2.05, 4.69) is 0 Å². The van der Waals surface area contributed by atoms with Gasteiger partial charge in [0.15, 0.2) is 11.5 Å². The minimum Gasteiger partial charge on any atom is -0.498 e. The lowest BCUT2D eigenvalue weighted by molar-refractivity contribution is -0.144. The minimum atomic E-state index is -1.15. The summed E-state index contributed by atoms with van der Waals surface area (Å²) in [7, 11) is 6.29. The zero-order valence-corrected chi connectivity index (χ0v) is 15.4. The fourth-order valence-electron chi connectivity index (χ4n) is 5.90. The number of aliphatic hydroxyl groups excluding tert-OH is 1. The van der Waals surface area contributed by atoms with Crippen LogP contribution in [0, 0.1) is 10.8 Å². The number of hydrogen-bond donors (Lipinski definition) is 1. The highest BCUT2D eigenvalue weighted by molar-refractivity contribution is 6.04. The Balaban J connectivity index is 2.00. The first kappa shape index (κ1) is 17.1. The number of hydrogen-bond acceptors (Lipinski definition) is 7. The van der Waals surface area contributed by atoms with Crippen molar-refractivity contribution in [3.05, 3.63) is 35.6 Å². The Bertz CT molecular complexity index is 798. The molecule has 7 nitrogen and oxygen atoms in total. The number of rotatable bonds is 3. The monoisotopic (exact) mass is 361 g/mol. The van der Waals surface area contributed by atoms with Gasteiger partial charge >= 0.3 is 0 Å². The molecule has 1 heterocycles. The molecule has 4 atom stereocenters. The van der Waals surface area contributed by atoms with Gasteiger partial charge in [0.1, 0.15) is 17.4 Å². The third-order valence-electron chi connectivity index (χ3n) is 6.97. The first-order valence-electron chi connectivity index (χ1n) is 8.62. The molecule has 140 valence electrons. The molecule has 4 aliphatic rings. The molecule has 1 fully saturated rings. The van der Waals surface area contributed by atoms with Crippen molar-refractivity contribution in [2.24, 2.45) is 10.8 Å².